The van der Waals surface area contributed by atoms with E-state index in [1.807, 2.05) is 31.2 Å². The molecule has 0 saturated carbocycles. The number of benzene rings is 1. The van der Waals surface area contributed by atoms with Gasteiger partial charge in [0, 0.05) is 32.2 Å². The molecule has 1 aromatic rings. The highest BCUT2D eigenvalue weighted by Crippen LogP contribution is 2.04. The zero-order valence-electron chi connectivity index (χ0n) is 13.9. The van der Waals surface area contributed by atoms with Crippen molar-refractivity contribution in [2.75, 3.05) is 20.1 Å². The lowest BCUT2D eigenvalue weighted by atomic mass is 10.1. The number of aliphatic imine (C=N–C) groups is 1. The van der Waals surface area contributed by atoms with Crippen molar-refractivity contribution in [3.63, 3.8) is 0 Å². The van der Waals surface area contributed by atoms with Gasteiger partial charge in [0.2, 0.25) is 0 Å². The fourth-order valence-corrected chi connectivity index (χ4v) is 2.02. The molecule has 0 saturated heterocycles. The van der Waals surface area contributed by atoms with Crippen molar-refractivity contribution in [1.82, 2.24) is 16.0 Å². The van der Waals surface area contributed by atoms with Crippen molar-refractivity contribution in [3.05, 3.63) is 35.4 Å². The molecule has 0 radical (unpaired) electrons. The van der Waals surface area contributed by atoms with Crippen LogP contribution in [0.1, 0.15) is 49.0 Å². The predicted molar refractivity (Wildman–Crippen MR) is 92.2 cm³/mol. The van der Waals surface area contributed by atoms with Crippen LogP contribution in [-0.4, -0.2) is 32.0 Å². The van der Waals surface area contributed by atoms with Crippen LogP contribution in [0.15, 0.2) is 29.3 Å². The monoisotopic (exact) mass is 304 g/mol. The molecule has 5 heteroatoms. The summed E-state index contributed by atoms with van der Waals surface area (Å²) in [5.74, 6) is 0.777. The number of nitrogens with one attached hydrogen (secondary N) is 3. The van der Waals surface area contributed by atoms with E-state index >= 15 is 0 Å². The Labute approximate surface area is 133 Å². The van der Waals surface area contributed by atoms with E-state index in [4.69, 9.17) is 0 Å². The van der Waals surface area contributed by atoms with Crippen molar-refractivity contribution in [2.24, 2.45) is 4.99 Å². The van der Waals surface area contributed by atoms with Crippen LogP contribution in [0.2, 0.25) is 0 Å². The van der Waals surface area contributed by atoms with Gasteiger partial charge >= 0.3 is 0 Å². The van der Waals surface area contributed by atoms with Crippen LogP contribution < -0.4 is 16.0 Å². The number of carbonyl (C=O) groups excluding carboxylic acids is 1. The number of amides is 1. The number of hydrogen-bond acceptors (Lipinski definition) is 2. The van der Waals surface area contributed by atoms with Crippen LogP contribution >= 0.6 is 0 Å². The van der Waals surface area contributed by atoms with Crippen molar-refractivity contribution in [1.29, 1.82) is 0 Å². The second-order valence-corrected chi connectivity index (χ2v) is 5.12. The molecule has 0 fully saturated rings. The second-order valence-electron chi connectivity index (χ2n) is 5.12. The molecule has 0 aliphatic heterocycles. The molecule has 122 valence electrons. The predicted octanol–water partition coefficient (Wildman–Crippen LogP) is 2.29. The normalized spacial score (nSPS) is 11.1. The highest BCUT2D eigenvalue weighted by Gasteiger charge is 2.04. The van der Waals surface area contributed by atoms with E-state index in [9.17, 15) is 4.79 Å². The van der Waals surface area contributed by atoms with Gasteiger partial charge in [-0.05, 0) is 31.0 Å². The molecular weight excluding hydrogens is 276 g/mol. The van der Waals surface area contributed by atoms with Crippen molar-refractivity contribution >= 4 is 11.9 Å². The van der Waals surface area contributed by atoms with Crippen LogP contribution in [0, 0.1) is 0 Å². The molecular formula is C17H28N4O. The molecule has 0 unspecified atom stereocenters. The van der Waals surface area contributed by atoms with Gasteiger partial charge in [-0.25, -0.2) is 0 Å². The maximum atomic E-state index is 11.7. The topological polar surface area (TPSA) is 65.5 Å². The zero-order valence-corrected chi connectivity index (χ0v) is 13.9. The summed E-state index contributed by atoms with van der Waals surface area (Å²) in [5, 5.41) is 9.36. The number of rotatable bonds is 8. The van der Waals surface area contributed by atoms with Crippen molar-refractivity contribution < 1.29 is 4.79 Å². The van der Waals surface area contributed by atoms with E-state index in [1.54, 1.807) is 7.05 Å². The summed E-state index contributed by atoms with van der Waals surface area (Å²) in [6.07, 6.45) is 3.59. The van der Waals surface area contributed by atoms with E-state index in [-0.39, 0.29) is 5.91 Å². The summed E-state index contributed by atoms with van der Waals surface area (Å²) in [6, 6.07) is 7.61. The van der Waals surface area contributed by atoms with E-state index in [0.717, 1.165) is 24.5 Å². The average molecular weight is 304 g/mol. The molecule has 0 aromatic heterocycles. The Kier molecular flexibility index (Phi) is 8.72. The summed E-state index contributed by atoms with van der Waals surface area (Å²) < 4.78 is 0. The first-order valence-electron chi connectivity index (χ1n) is 8.02. The number of unbranched alkanes of at least 4 members (excludes halogenated alkanes) is 2. The zero-order chi connectivity index (χ0) is 16.2. The third-order valence-electron chi connectivity index (χ3n) is 3.31. The van der Waals surface area contributed by atoms with Gasteiger partial charge in [0.15, 0.2) is 5.96 Å². The molecule has 1 aromatic carbocycles. The molecule has 0 spiro atoms. The third-order valence-corrected chi connectivity index (χ3v) is 3.31. The molecule has 3 N–H and O–H groups in total. The summed E-state index contributed by atoms with van der Waals surface area (Å²) in [5.41, 5.74) is 1.80. The van der Waals surface area contributed by atoms with Crippen molar-refractivity contribution in [3.8, 4) is 0 Å². The quantitative estimate of drug-likeness (QED) is 0.392. The highest BCUT2D eigenvalue weighted by molar-refractivity contribution is 5.94. The molecule has 1 rings (SSSR count). The lowest BCUT2D eigenvalue weighted by Crippen LogP contribution is -2.37. The molecule has 1 amide bonds. The number of nitrogens with zero attached hydrogens (tertiary/aromatic N) is 1. The SMILES string of the molecule is CCCCCNC(=NC)NCc1ccc(C(=O)NCC)cc1. The highest BCUT2D eigenvalue weighted by atomic mass is 16.1. The van der Waals surface area contributed by atoms with Crippen LogP contribution in [0.4, 0.5) is 0 Å². The van der Waals surface area contributed by atoms with Gasteiger partial charge in [0.05, 0.1) is 0 Å². The first-order chi connectivity index (χ1) is 10.7. The van der Waals surface area contributed by atoms with Gasteiger partial charge in [-0.2, -0.15) is 0 Å². The van der Waals surface area contributed by atoms with Crippen LogP contribution in [-0.2, 0) is 6.54 Å². The first kappa shape index (κ1) is 18.0. The van der Waals surface area contributed by atoms with E-state index in [0.29, 0.717) is 18.7 Å². The second kappa shape index (κ2) is 10.7. The summed E-state index contributed by atoms with van der Waals surface area (Å²) in [4.78, 5) is 15.9. The maximum absolute atomic E-state index is 11.7. The van der Waals surface area contributed by atoms with Crippen molar-refractivity contribution in [2.45, 2.75) is 39.7 Å². The molecule has 22 heavy (non-hydrogen) atoms. The fraction of sp³-hybridized carbons (Fsp3) is 0.529. The molecule has 0 aliphatic carbocycles. The lowest BCUT2D eigenvalue weighted by Gasteiger charge is -2.12. The van der Waals surface area contributed by atoms with Gasteiger partial charge in [0.25, 0.3) is 5.91 Å². The number of guanidine groups is 1. The number of hydrogen-bond donors (Lipinski definition) is 3. The minimum atomic E-state index is -0.0320. The van der Waals surface area contributed by atoms with Gasteiger partial charge in [-0.15, -0.1) is 0 Å². The van der Waals surface area contributed by atoms with Gasteiger partial charge < -0.3 is 16.0 Å². The molecule has 0 atom stereocenters. The lowest BCUT2D eigenvalue weighted by molar-refractivity contribution is 0.0956. The Morgan fingerprint density at radius 3 is 2.36 bits per heavy atom. The summed E-state index contributed by atoms with van der Waals surface area (Å²) >= 11 is 0. The maximum Gasteiger partial charge on any atom is 0.251 e. The first-order valence-corrected chi connectivity index (χ1v) is 8.02. The Hall–Kier alpha value is -2.04. The largest absolute Gasteiger partial charge is 0.356 e. The van der Waals surface area contributed by atoms with Crippen LogP contribution in [0.25, 0.3) is 0 Å². The average Bonchev–Trinajstić information content (AvgIpc) is 2.55. The molecule has 5 nitrogen and oxygen atoms in total. The Morgan fingerprint density at radius 1 is 1.05 bits per heavy atom. The third kappa shape index (κ3) is 6.61. The summed E-state index contributed by atoms with van der Waals surface area (Å²) in [7, 11) is 1.77. The summed E-state index contributed by atoms with van der Waals surface area (Å²) in [6.45, 7) is 6.36. The van der Waals surface area contributed by atoms with E-state index < -0.39 is 0 Å². The molecule has 0 heterocycles. The fourth-order valence-electron chi connectivity index (χ4n) is 2.02. The smallest absolute Gasteiger partial charge is 0.251 e. The van der Waals surface area contributed by atoms with E-state index in [2.05, 4.69) is 27.9 Å². The van der Waals surface area contributed by atoms with Crippen LogP contribution in [0.3, 0.4) is 0 Å². The Bertz CT molecular complexity index is 468. The number of carbonyl (C=O) groups is 1. The Morgan fingerprint density at radius 2 is 1.77 bits per heavy atom. The minimum Gasteiger partial charge on any atom is -0.356 e. The Balaban J connectivity index is 2.41. The minimum absolute atomic E-state index is 0.0320. The van der Waals surface area contributed by atoms with Gasteiger partial charge in [-0.1, -0.05) is 31.9 Å². The van der Waals surface area contributed by atoms with Gasteiger partial charge in [-0.3, -0.25) is 9.79 Å². The standard InChI is InChI=1S/C17H28N4O/c1-4-6-7-12-20-17(18-3)21-13-14-8-10-15(11-9-14)16(22)19-5-2/h8-11H,4-7,12-13H2,1-3H3,(H,19,22)(H2,18,20,21). The molecule has 0 bridgehead atoms. The van der Waals surface area contributed by atoms with Crippen LogP contribution in [0.5, 0.6) is 0 Å². The van der Waals surface area contributed by atoms with Gasteiger partial charge in [0.1, 0.15) is 0 Å². The molecule has 0 aliphatic rings. The van der Waals surface area contributed by atoms with E-state index in [1.165, 1.54) is 12.8 Å².